The number of hydrogen-bond donors (Lipinski definition) is 0. The first-order valence-electron chi connectivity index (χ1n) is 9.13. The van der Waals surface area contributed by atoms with Crippen LogP contribution in [0.3, 0.4) is 0 Å². The minimum atomic E-state index is 0.160. The van der Waals surface area contributed by atoms with Crippen LogP contribution in [-0.4, -0.2) is 16.9 Å². The van der Waals surface area contributed by atoms with E-state index in [0.29, 0.717) is 23.8 Å². The van der Waals surface area contributed by atoms with Crippen molar-refractivity contribution < 1.29 is 0 Å². The molecule has 5 unspecified atom stereocenters. The number of amidine groups is 1. The van der Waals surface area contributed by atoms with Crippen molar-refractivity contribution in [3.8, 4) is 0 Å². The number of benzene rings is 1. The van der Waals surface area contributed by atoms with E-state index in [1.807, 2.05) is 12.3 Å². The van der Waals surface area contributed by atoms with Crippen molar-refractivity contribution in [2.45, 2.75) is 18.5 Å². The lowest BCUT2D eigenvalue weighted by atomic mass is 9.78. The lowest BCUT2D eigenvalue weighted by Gasteiger charge is -2.46. The number of anilines is 1. The quantitative estimate of drug-likeness (QED) is 0.733. The van der Waals surface area contributed by atoms with Crippen LogP contribution in [0.4, 0.5) is 5.69 Å². The van der Waals surface area contributed by atoms with Gasteiger partial charge in [0.1, 0.15) is 5.84 Å². The first kappa shape index (κ1) is 13.6. The van der Waals surface area contributed by atoms with Crippen LogP contribution in [-0.2, 0) is 0 Å². The van der Waals surface area contributed by atoms with E-state index >= 15 is 0 Å². The Morgan fingerprint density at radius 1 is 0.920 bits per heavy atom. The number of allylic oxidation sites excluding steroid dienone is 1. The van der Waals surface area contributed by atoms with E-state index < -0.39 is 0 Å². The number of hydrogen-bond acceptors (Lipinski definition) is 3. The Morgan fingerprint density at radius 3 is 2.72 bits per heavy atom. The second kappa shape index (κ2) is 4.92. The Hall–Kier alpha value is -2.68. The normalized spacial score (nSPS) is 33.7. The topological polar surface area (TPSA) is 28.5 Å². The highest BCUT2D eigenvalue weighted by atomic mass is 15.3. The smallest absolute Gasteiger partial charge is 0.128 e. The second-order valence-corrected chi connectivity index (χ2v) is 7.47. The van der Waals surface area contributed by atoms with E-state index in [1.54, 1.807) is 0 Å². The third kappa shape index (κ3) is 1.81. The molecule has 1 aromatic carbocycles. The molecule has 2 aromatic rings. The van der Waals surface area contributed by atoms with Gasteiger partial charge in [-0.2, -0.15) is 0 Å². The van der Waals surface area contributed by atoms with Gasteiger partial charge in [0, 0.05) is 23.8 Å². The summed E-state index contributed by atoms with van der Waals surface area (Å²) in [5, 5.41) is 0. The summed E-state index contributed by atoms with van der Waals surface area (Å²) in [5.74, 6) is 2.83. The maximum atomic E-state index is 5.19. The van der Waals surface area contributed by atoms with Crippen LogP contribution in [0.5, 0.6) is 0 Å². The summed E-state index contributed by atoms with van der Waals surface area (Å²) in [6, 6.07) is 15.5. The van der Waals surface area contributed by atoms with Crippen molar-refractivity contribution in [1.29, 1.82) is 0 Å². The number of fused-ring (bicyclic) bond motifs is 9. The van der Waals surface area contributed by atoms with E-state index in [1.165, 1.54) is 17.7 Å². The summed E-state index contributed by atoms with van der Waals surface area (Å²) in [6.45, 7) is 0. The summed E-state index contributed by atoms with van der Waals surface area (Å²) in [4.78, 5) is 12.4. The third-order valence-corrected chi connectivity index (χ3v) is 6.26. The summed E-state index contributed by atoms with van der Waals surface area (Å²) in [6.07, 6.45) is 12.4. The van der Waals surface area contributed by atoms with Crippen LogP contribution in [0.25, 0.3) is 6.08 Å². The molecule has 0 saturated heterocycles. The van der Waals surface area contributed by atoms with Crippen molar-refractivity contribution in [2.24, 2.45) is 22.7 Å². The summed E-state index contributed by atoms with van der Waals surface area (Å²) in [5.41, 5.74) is 3.71. The van der Waals surface area contributed by atoms with E-state index in [9.17, 15) is 0 Å². The van der Waals surface area contributed by atoms with E-state index in [4.69, 9.17) is 4.99 Å². The zero-order chi connectivity index (χ0) is 16.4. The highest BCUT2D eigenvalue weighted by Crippen LogP contribution is 2.55. The number of pyridine rings is 1. The van der Waals surface area contributed by atoms with Gasteiger partial charge in [0.25, 0.3) is 0 Å². The van der Waals surface area contributed by atoms with Crippen LogP contribution in [0.2, 0.25) is 0 Å². The van der Waals surface area contributed by atoms with Gasteiger partial charge < -0.3 is 4.90 Å². The van der Waals surface area contributed by atoms with Gasteiger partial charge in [0.15, 0.2) is 0 Å². The molecule has 4 aliphatic rings. The Balaban J connectivity index is 1.56. The summed E-state index contributed by atoms with van der Waals surface area (Å²) < 4.78 is 0. The molecule has 1 fully saturated rings. The average Bonchev–Trinajstić information content (AvgIpc) is 3.30. The largest absolute Gasteiger partial charge is 0.322 e. The fourth-order valence-corrected chi connectivity index (χ4v) is 5.30. The molecule has 122 valence electrons. The SMILES string of the molecule is C1=Cc2ccccc2N2C1=NC(c1ccccn1)C1C3C=CC(C3)C12. The number of nitrogens with zero attached hydrogens (tertiary/aromatic N) is 3. The standard InChI is InChI=1S/C22H19N3/c1-2-7-18-14(5-1)10-11-19-24-21(17-6-3-4-12-23-17)20-15-8-9-16(13-15)22(20)25(18)19/h1-12,15-16,20-22H,13H2. The fourth-order valence-electron chi connectivity index (χ4n) is 5.30. The zero-order valence-electron chi connectivity index (χ0n) is 13.9. The van der Waals surface area contributed by atoms with Gasteiger partial charge in [-0.05, 0) is 54.2 Å². The molecule has 6 rings (SSSR count). The molecular formula is C22H19N3. The van der Waals surface area contributed by atoms with E-state index in [0.717, 1.165) is 11.5 Å². The second-order valence-electron chi connectivity index (χ2n) is 7.47. The van der Waals surface area contributed by atoms with Crippen LogP contribution in [0.1, 0.15) is 23.7 Å². The Bertz CT molecular complexity index is 927. The molecule has 1 aromatic heterocycles. The molecule has 1 saturated carbocycles. The lowest BCUT2D eigenvalue weighted by Crippen LogP contribution is -2.52. The molecule has 2 aliphatic heterocycles. The molecule has 3 heteroatoms. The highest BCUT2D eigenvalue weighted by molar-refractivity contribution is 6.13. The van der Waals surface area contributed by atoms with E-state index in [-0.39, 0.29) is 6.04 Å². The molecule has 0 spiro atoms. The Morgan fingerprint density at radius 2 is 1.80 bits per heavy atom. The number of para-hydroxylation sites is 1. The minimum Gasteiger partial charge on any atom is -0.322 e. The maximum absolute atomic E-state index is 5.19. The van der Waals surface area contributed by atoms with E-state index in [2.05, 4.69) is 70.6 Å². The van der Waals surface area contributed by atoms with Crippen LogP contribution >= 0.6 is 0 Å². The van der Waals surface area contributed by atoms with Crippen molar-refractivity contribution in [3.63, 3.8) is 0 Å². The van der Waals surface area contributed by atoms with Gasteiger partial charge in [-0.15, -0.1) is 0 Å². The third-order valence-electron chi connectivity index (χ3n) is 6.26. The van der Waals surface area contributed by atoms with Gasteiger partial charge in [0.05, 0.1) is 11.7 Å². The van der Waals surface area contributed by atoms with Crippen LogP contribution in [0.15, 0.2) is 71.9 Å². The highest BCUT2D eigenvalue weighted by Gasteiger charge is 2.54. The van der Waals surface area contributed by atoms with Gasteiger partial charge in [-0.1, -0.05) is 36.4 Å². The van der Waals surface area contributed by atoms with Gasteiger partial charge >= 0.3 is 0 Å². The lowest BCUT2D eigenvalue weighted by molar-refractivity contribution is 0.312. The van der Waals surface area contributed by atoms with Crippen molar-refractivity contribution in [3.05, 3.63) is 78.1 Å². The van der Waals surface area contributed by atoms with Crippen molar-refractivity contribution >= 4 is 17.6 Å². The molecule has 0 amide bonds. The molecule has 2 bridgehead atoms. The first-order chi connectivity index (χ1) is 12.4. The number of aromatic nitrogens is 1. The van der Waals surface area contributed by atoms with Gasteiger partial charge in [-0.3, -0.25) is 9.98 Å². The Kier molecular flexibility index (Phi) is 2.67. The zero-order valence-corrected chi connectivity index (χ0v) is 13.9. The summed E-state index contributed by atoms with van der Waals surface area (Å²) >= 11 is 0. The van der Waals surface area contributed by atoms with Crippen LogP contribution < -0.4 is 4.90 Å². The number of aliphatic imine (C=N–C) groups is 1. The summed E-state index contributed by atoms with van der Waals surface area (Å²) in [7, 11) is 0. The predicted octanol–water partition coefficient (Wildman–Crippen LogP) is 4.26. The average molecular weight is 325 g/mol. The van der Waals surface area contributed by atoms with Gasteiger partial charge in [0.2, 0.25) is 0 Å². The minimum absolute atomic E-state index is 0.160. The fraction of sp³-hybridized carbons (Fsp3) is 0.273. The first-order valence-corrected chi connectivity index (χ1v) is 9.13. The van der Waals surface area contributed by atoms with Gasteiger partial charge in [-0.25, -0.2) is 0 Å². The molecule has 5 atom stereocenters. The van der Waals surface area contributed by atoms with Crippen molar-refractivity contribution in [2.75, 3.05) is 4.90 Å². The predicted molar refractivity (Wildman–Crippen MR) is 100 cm³/mol. The molecule has 3 nitrogen and oxygen atoms in total. The molecule has 0 N–H and O–H groups in total. The van der Waals surface area contributed by atoms with Crippen molar-refractivity contribution in [1.82, 2.24) is 4.98 Å². The Labute approximate surface area is 147 Å². The molecule has 25 heavy (non-hydrogen) atoms. The maximum Gasteiger partial charge on any atom is 0.128 e. The monoisotopic (exact) mass is 325 g/mol. The van der Waals surface area contributed by atoms with Crippen LogP contribution in [0, 0.1) is 17.8 Å². The molecule has 0 radical (unpaired) electrons. The number of rotatable bonds is 1. The molecular weight excluding hydrogens is 306 g/mol. The molecule has 3 heterocycles. The molecule has 2 aliphatic carbocycles.